The van der Waals surface area contributed by atoms with E-state index in [1.165, 1.54) is 32.1 Å². The Bertz CT molecular complexity index is 2160. The zero-order chi connectivity index (χ0) is 58.0. The highest BCUT2D eigenvalue weighted by Crippen LogP contribution is 2.44. The third-order valence-corrected chi connectivity index (χ3v) is 14.6. The van der Waals surface area contributed by atoms with Crippen molar-refractivity contribution in [2.24, 2.45) is 0 Å². The van der Waals surface area contributed by atoms with Gasteiger partial charge in [-0.25, -0.2) is 43.9 Å². The summed E-state index contributed by atoms with van der Waals surface area (Å²) in [5, 5.41) is 0. The first-order valence-corrected chi connectivity index (χ1v) is 29.4. The molecule has 0 aliphatic carbocycles. The Hall–Kier alpha value is -4.54. The summed E-state index contributed by atoms with van der Waals surface area (Å²) in [7, 11) is -2.34. The second-order valence-electron chi connectivity index (χ2n) is 20.9. The number of quaternary nitrogens is 1. The standard InChI is InChI=1S/C56H84BF9NO3.C6H2F3/c1-5-9-13-17-21-22-23-24-25-26-30-34-50(67(35-31-27-18-14-10-6-2,36-32-28-19-15-11-7-3)37-33-29-20-16-12-8-4)52-51(42-49(62)55(65)56(52)66)70-57(68-43-38-45(58)53(63)46(59)39-43)69-44-40-47(60)54(64)48(61)41-44;7-4-2-1-3-5(8)6(4)9/h38-42,50H,5-37H2,1-4H3;2-3H/q+1;-1. The molecule has 0 radical (unpaired) electrons. The summed E-state index contributed by atoms with van der Waals surface area (Å²) < 4.78 is 189. The summed E-state index contributed by atoms with van der Waals surface area (Å²) in [4.78, 5) is 0. The average molecular weight is 1130 g/mol. The summed E-state index contributed by atoms with van der Waals surface area (Å²) in [5.74, 6) is -21.0. The lowest BCUT2D eigenvalue weighted by Gasteiger charge is -2.46. The van der Waals surface area contributed by atoms with Crippen LogP contribution < -0.4 is 14.0 Å². The van der Waals surface area contributed by atoms with Gasteiger partial charge in [0.05, 0.1) is 31.0 Å². The number of hydrogen-bond acceptors (Lipinski definition) is 3. The summed E-state index contributed by atoms with van der Waals surface area (Å²) in [6.07, 6.45) is 30.3. The molecule has 79 heavy (non-hydrogen) atoms. The Labute approximate surface area is 464 Å². The fourth-order valence-corrected chi connectivity index (χ4v) is 10.1. The smallest absolute Gasteiger partial charge is 0.489 e. The molecule has 1 atom stereocenters. The highest BCUT2D eigenvalue weighted by molar-refractivity contribution is 6.39. The highest BCUT2D eigenvalue weighted by Gasteiger charge is 2.43. The molecule has 4 nitrogen and oxygen atoms in total. The third kappa shape index (κ3) is 24.6. The molecule has 0 aliphatic heterocycles. The van der Waals surface area contributed by atoms with Crippen LogP contribution in [0.2, 0.25) is 0 Å². The Morgan fingerprint density at radius 3 is 1.00 bits per heavy atom. The number of halogens is 12. The van der Waals surface area contributed by atoms with E-state index in [2.05, 4.69) is 33.8 Å². The van der Waals surface area contributed by atoms with E-state index in [9.17, 15) is 39.5 Å². The van der Waals surface area contributed by atoms with Gasteiger partial charge in [-0.1, -0.05) is 169 Å². The highest BCUT2D eigenvalue weighted by atomic mass is 19.2. The number of benzene rings is 4. The van der Waals surface area contributed by atoms with Crippen LogP contribution in [-0.2, 0) is 0 Å². The number of hydrogen-bond donors (Lipinski definition) is 0. The maximum Gasteiger partial charge on any atom is 0.864 e. The minimum Gasteiger partial charge on any atom is -0.489 e. The van der Waals surface area contributed by atoms with Crippen molar-refractivity contribution in [3.63, 3.8) is 0 Å². The number of unbranched alkanes of at least 4 members (excludes halogenated alkanes) is 25. The minimum atomic E-state index is -2.34. The SMILES string of the molecule is CCCCCCCCCCCCCC(c1c(OB(Oc2cc(F)c(F)c(F)c2)Oc2cc(F)c(F)c(F)c2)cc(F)c(F)c1F)[N+](CCCCCCCC)(CCCCCCCC)CCCCCCCC.Fc1c[c-]cc(F)c1F. The second kappa shape index (κ2) is 39.0. The van der Waals surface area contributed by atoms with Crippen molar-refractivity contribution in [2.75, 3.05) is 19.6 Å². The molecule has 0 fully saturated rings. The van der Waals surface area contributed by atoms with Gasteiger partial charge in [0.15, 0.2) is 52.4 Å². The molecule has 0 N–H and O–H groups in total. The van der Waals surface area contributed by atoms with E-state index in [0.717, 1.165) is 160 Å². The largest absolute Gasteiger partial charge is 0.864 e. The Morgan fingerprint density at radius 2 is 0.658 bits per heavy atom. The molecule has 4 aromatic rings. The first-order valence-electron chi connectivity index (χ1n) is 29.4. The monoisotopic (exact) mass is 1130 g/mol. The van der Waals surface area contributed by atoms with Crippen molar-refractivity contribution in [1.82, 2.24) is 0 Å². The lowest BCUT2D eigenvalue weighted by atomic mass is 9.91. The predicted molar refractivity (Wildman–Crippen MR) is 291 cm³/mol. The van der Waals surface area contributed by atoms with Gasteiger partial charge in [0.25, 0.3) is 0 Å². The van der Waals surface area contributed by atoms with Crippen molar-refractivity contribution >= 4 is 7.32 Å². The molecule has 1 unspecified atom stereocenters. The molecule has 0 heterocycles. The van der Waals surface area contributed by atoms with E-state index >= 15 is 13.2 Å². The van der Waals surface area contributed by atoms with Crippen LogP contribution in [0.15, 0.2) is 42.5 Å². The first kappa shape index (κ1) is 68.7. The fourth-order valence-electron chi connectivity index (χ4n) is 10.1. The lowest BCUT2D eigenvalue weighted by Crippen LogP contribution is -2.53. The van der Waals surface area contributed by atoms with Gasteiger partial charge >= 0.3 is 7.32 Å². The van der Waals surface area contributed by atoms with E-state index in [4.69, 9.17) is 14.0 Å². The third-order valence-electron chi connectivity index (χ3n) is 14.6. The predicted octanol–water partition coefficient (Wildman–Crippen LogP) is 21.0. The van der Waals surface area contributed by atoms with Crippen molar-refractivity contribution in [3.8, 4) is 17.2 Å². The lowest BCUT2D eigenvalue weighted by molar-refractivity contribution is -0.958. The molecular formula is C62H86BF12NO3. The molecule has 444 valence electrons. The fraction of sp³-hybridized carbons (Fsp3) is 0.613. The summed E-state index contributed by atoms with van der Waals surface area (Å²) in [5.41, 5.74) is -0.279. The summed E-state index contributed by atoms with van der Waals surface area (Å²) in [6, 6.07) is 5.24. The summed E-state index contributed by atoms with van der Waals surface area (Å²) >= 11 is 0. The van der Waals surface area contributed by atoms with Crippen molar-refractivity contribution < 1.29 is 71.1 Å². The minimum absolute atomic E-state index is 0.279. The molecule has 0 aliphatic rings. The normalized spacial score (nSPS) is 11.9. The maximum atomic E-state index is 17.2. The molecular weight excluding hydrogens is 1050 g/mol. The molecule has 0 saturated carbocycles. The molecule has 0 saturated heterocycles. The Morgan fingerprint density at radius 1 is 0.354 bits per heavy atom. The zero-order valence-electron chi connectivity index (χ0n) is 47.2. The van der Waals surface area contributed by atoms with Crippen LogP contribution in [0.25, 0.3) is 0 Å². The van der Waals surface area contributed by atoms with Crippen molar-refractivity contribution in [3.05, 3.63) is 124 Å². The van der Waals surface area contributed by atoms with Crippen LogP contribution in [0.4, 0.5) is 52.7 Å². The van der Waals surface area contributed by atoms with Gasteiger partial charge in [-0.05, 0) is 44.9 Å². The van der Waals surface area contributed by atoms with E-state index < -0.39 is 100 Å². The molecule has 0 bridgehead atoms. The van der Waals surface area contributed by atoms with Gasteiger partial charge in [-0.3, -0.25) is 8.78 Å². The van der Waals surface area contributed by atoms with Crippen molar-refractivity contribution in [1.29, 1.82) is 0 Å². The van der Waals surface area contributed by atoms with E-state index in [1.54, 1.807) is 0 Å². The van der Waals surface area contributed by atoms with Gasteiger partial charge in [-0.2, -0.15) is 6.07 Å². The molecule has 17 heteroatoms. The van der Waals surface area contributed by atoms with Crippen LogP contribution in [0.1, 0.15) is 232 Å². The van der Waals surface area contributed by atoms with Crippen LogP contribution in [0.5, 0.6) is 17.2 Å². The number of nitrogens with zero attached hydrogens (tertiary/aromatic N) is 1. The average Bonchev–Trinajstić information content (AvgIpc) is 3.50. The zero-order valence-corrected chi connectivity index (χ0v) is 47.2. The van der Waals surface area contributed by atoms with E-state index in [0.29, 0.717) is 67.3 Å². The maximum absolute atomic E-state index is 17.2. The molecule has 4 rings (SSSR count). The van der Waals surface area contributed by atoms with Crippen LogP contribution in [0.3, 0.4) is 0 Å². The van der Waals surface area contributed by atoms with Gasteiger partial charge in [-0.15, -0.1) is 12.1 Å². The quantitative estimate of drug-likeness (QED) is 0.0111. The number of rotatable bonds is 41. The van der Waals surface area contributed by atoms with Crippen molar-refractivity contribution in [2.45, 2.75) is 226 Å². The second-order valence-corrected chi connectivity index (χ2v) is 20.9. The van der Waals surface area contributed by atoms with Gasteiger partial charge in [0.2, 0.25) is 0 Å². The molecule has 0 aromatic heterocycles. The Balaban J connectivity index is 0.00000165. The first-order chi connectivity index (χ1) is 38.0. The molecule has 0 amide bonds. The topological polar surface area (TPSA) is 27.7 Å². The van der Waals surface area contributed by atoms with E-state index in [-0.39, 0.29) is 5.56 Å². The molecule has 0 spiro atoms. The van der Waals surface area contributed by atoms with Crippen LogP contribution in [0, 0.1) is 75.9 Å². The molecule has 4 aromatic carbocycles. The van der Waals surface area contributed by atoms with Gasteiger partial charge < -0.3 is 18.4 Å². The van der Waals surface area contributed by atoms with E-state index in [1.807, 2.05) is 0 Å². The summed E-state index contributed by atoms with van der Waals surface area (Å²) in [6.45, 7) is 10.6. The van der Waals surface area contributed by atoms with Crippen LogP contribution >= 0.6 is 0 Å². The van der Waals surface area contributed by atoms with Gasteiger partial charge in [0.1, 0.15) is 23.3 Å². The van der Waals surface area contributed by atoms with Gasteiger partial charge in [0, 0.05) is 48.4 Å². The Kier molecular flexibility index (Phi) is 33.9. The van der Waals surface area contributed by atoms with Crippen LogP contribution in [-0.4, -0.2) is 31.4 Å².